The molecule has 0 atom stereocenters. The van der Waals surface area contributed by atoms with E-state index in [1.165, 1.54) is 5.56 Å². The van der Waals surface area contributed by atoms with Crippen LogP contribution in [0.5, 0.6) is 0 Å². The summed E-state index contributed by atoms with van der Waals surface area (Å²) in [6, 6.07) is 4.06. The first-order valence-electron chi connectivity index (χ1n) is 5.03. The molecule has 0 spiro atoms. The molecule has 0 aliphatic heterocycles. The Balaban J connectivity index is 2.14. The van der Waals surface area contributed by atoms with Crippen molar-refractivity contribution in [2.75, 3.05) is 0 Å². The van der Waals surface area contributed by atoms with E-state index in [4.69, 9.17) is 0 Å². The second-order valence-electron chi connectivity index (χ2n) is 3.46. The summed E-state index contributed by atoms with van der Waals surface area (Å²) in [5, 5.41) is 4.01. The molecular formula is C12H11BrOS2. The fourth-order valence-corrected chi connectivity index (χ4v) is 3.93. The van der Waals surface area contributed by atoms with E-state index in [1.807, 2.05) is 22.9 Å². The van der Waals surface area contributed by atoms with Crippen molar-refractivity contribution in [1.29, 1.82) is 0 Å². The fourth-order valence-electron chi connectivity index (χ4n) is 1.54. The maximum atomic E-state index is 12.1. The molecule has 0 amide bonds. The molecule has 2 aromatic heterocycles. The summed E-state index contributed by atoms with van der Waals surface area (Å²) in [7, 11) is 0. The van der Waals surface area contributed by atoms with Gasteiger partial charge in [-0.05, 0) is 45.4 Å². The minimum absolute atomic E-state index is 0.237. The van der Waals surface area contributed by atoms with Gasteiger partial charge in [-0.3, -0.25) is 4.79 Å². The van der Waals surface area contributed by atoms with Gasteiger partial charge in [0.05, 0.1) is 4.88 Å². The van der Waals surface area contributed by atoms with Crippen LogP contribution < -0.4 is 0 Å². The van der Waals surface area contributed by atoms with Gasteiger partial charge in [-0.25, -0.2) is 0 Å². The molecule has 0 radical (unpaired) electrons. The van der Waals surface area contributed by atoms with Crippen LogP contribution in [0, 0.1) is 0 Å². The standard InChI is InChI=1S/C12H11BrOS2/c1-2-8-3-4-15-12(8)11(14)6-10-5-9(13)7-16-10/h3-5,7H,2,6H2,1H3. The van der Waals surface area contributed by atoms with E-state index in [2.05, 4.69) is 22.9 Å². The van der Waals surface area contributed by atoms with E-state index in [0.717, 1.165) is 20.6 Å². The molecule has 4 heteroatoms. The number of thiophene rings is 2. The SMILES string of the molecule is CCc1ccsc1C(=O)Cc1cc(Br)cs1. The van der Waals surface area contributed by atoms with E-state index >= 15 is 0 Å². The number of hydrogen-bond donors (Lipinski definition) is 0. The molecule has 0 saturated carbocycles. The Morgan fingerprint density at radius 1 is 1.44 bits per heavy atom. The average Bonchev–Trinajstić information content (AvgIpc) is 2.86. The van der Waals surface area contributed by atoms with Gasteiger partial charge in [-0.1, -0.05) is 6.92 Å². The zero-order valence-electron chi connectivity index (χ0n) is 8.83. The van der Waals surface area contributed by atoms with Crippen LogP contribution in [0.3, 0.4) is 0 Å². The number of carbonyl (C=O) groups is 1. The molecule has 0 bridgehead atoms. The van der Waals surface area contributed by atoms with Crippen LogP contribution in [0.15, 0.2) is 27.4 Å². The molecule has 16 heavy (non-hydrogen) atoms. The number of ketones is 1. The zero-order valence-corrected chi connectivity index (χ0v) is 12.0. The summed E-state index contributed by atoms with van der Waals surface area (Å²) in [6.45, 7) is 2.08. The quantitative estimate of drug-likeness (QED) is 0.756. The average molecular weight is 315 g/mol. The van der Waals surface area contributed by atoms with Gasteiger partial charge in [0.1, 0.15) is 0 Å². The molecule has 0 aromatic carbocycles. The Kier molecular flexibility index (Phi) is 3.95. The summed E-state index contributed by atoms with van der Waals surface area (Å²) in [5.74, 6) is 0.237. The molecule has 0 saturated heterocycles. The minimum Gasteiger partial charge on any atom is -0.293 e. The van der Waals surface area contributed by atoms with Gasteiger partial charge in [0, 0.05) is 21.2 Å². The fraction of sp³-hybridized carbons (Fsp3) is 0.250. The van der Waals surface area contributed by atoms with Crippen molar-refractivity contribution >= 4 is 44.4 Å². The van der Waals surface area contributed by atoms with Crippen molar-refractivity contribution in [2.24, 2.45) is 0 Å². The first-order valence-corrected chi connectivity index (χ1v) is 7.58. The van der Waals surface area contributed by atoms with Crippen molar-refractivity contribution in [3.8, 4) is 0 Å². The first kappa shape index (κ1) is 12.0. The Morgan fingerprint density at radius 3 is 2.88 bits per heavy atom. The molecule has 1 nitrogen and oxygen atoms in total. The lowest BCUT2D eigenvalue weighted by atomic mass is 10.1. The van der Waals surface area contributed by atoms with Gasteiger partial charge < -0.3 is 0 Å². The molecule has 84 valence electrons. The highest BCUT2D eigenvalue weighted by Gasteiger charge is 2.13. The number of rotatable bonds is 4. The topological polar surface area (TPSA) is 17.1 Å². The van der Waals surface area contributed by atoms with Crippen LogP contribution in [0.25, 0.3) is 0 Å². The Hall–Kier alpha value is -0.450. The predicted molar refractivity (Wildman–Crippen MR) is 73.8 cm³/mol. The molecule has 0 fully saturated rings. The Labute approximate surface area is 111 Å². The van der Waals surface area contributed by atoms with Crippen molar-refractivity contribution in [3.63, 3.8) is 0 Å². The molecule has 2 rings (SSSR count). The van der Waals surface area contributed by atoms with Crippen LogP contribution >= 0.6 is 38.6 Å². The summed E-state index contributed by atoms with van der Waals surface area (Å²) in [6.07, 6.45) is 1.45. The highest BCUT2D eigenvalue weighted by atomic mass is 79.9. The van der Waals surface area contributed by atoms with Crippen LogP contribution in [0.1, 0.15) is 27.0 Å². The third-order valence-electron chi connectivity index (χ3n) is 2.34. The maximum Gasteiger partial charge on any atom is 0.178 e. The number of Topliss-reactive ketones (excluding diaryl/α,β-unsaturated/α-hetero) is 1. The normalized spacial score (nSPS) is 10.6. The zero-order chi connectivity index (χ0) is 11.5. The Bertz CT molecular complexity index is 499. The Morgan fingerprint density at radius 2 is 2.25 bits per heavy atom. The first-order chi connectivity index (χ1) is 7.70. The molecule has 0 aliphatic rings. The lowest BCUT2D eigenvalue weighted by molar-refractivity contribution is 0.0997. The predicted octanol–water partition coefficient (Wildman–Crippen LogP) is 4.56. The van der Waals surface area contributed by atoms with E-state index in [-0.39, 0.29) is 5.78 Å². The van der Waals surface area contributed by atoms with Crippen molar-refractivity contribution in [2.45, 2.75) is 19.8 Å². The van der Waals surface area contributed by atoms with Crippen LogP contribution in [-0.4, -0.2) is 5.78 Å². The van der Waals surface area contributed by atoms with Crippen molar-refractivity contribution in [3.05, 3.63) is 42.7 Å². The second kappa shape index (κ2) is 5.25. The number of carbonyl (C=O) groups excluding carboxylic acids is 1. The van der Waals surface area contributed by atoms with Gasteiger partial charge >= 0.3 is 0 Å². The van der Waals surface area contributed by atoms with E-state index in [1.54, 1.807) is 22.7 Å². The highest BCUT2D eigenvalue weighted by Crippen LogP contribution is 2.24. The summed E-state index contributed by atoms with van der Waals surface area (Å²) >= 11 is 6.58. The summed E-state index contributed by atoms with van der Waals surface area (Å²) in [5.41, 5.74) is 1.17. The molecule has 0 unspecified atom stereocenters. The third-order valence-corrected chi connectivity index (χ3v) is 5.03. The smallest absolute Gasteiger partial charge is 0.178 e. The van der Waals surface area contributed by atoms with Gasteiger partial charge in [0.15, 0.2) is 5.78 Å². The van der Waals surface area contributed by atoms with Crippen LogP contribution in [-0.2, 0) is 12.8 Å². The van der Waals surface area contributed by atoms with Crippen molar-refractivity contribution in [1.82, 2.24) is 0 Å². The number of hydrogen-bond acceptors (Lipinski definition) is 3. The maximum absolute atomic E-state index is 12.1. The molecule has 2 heterocycles. The molecule has 2 aromatic rings. The lowest BCUT2D eigenvalue weighted by Gasteiger charge is -1.99. The largest absolute Gasteiger partial charge is 0.293 e. The van der Waals surface area contributed by atoms with Gasteiger partial charge in [0.25, 0.3) is 0 Å². The molecular weight excluding hydrogens is 304 g/mol. The van der Waals surface area contributed by atoms with Gasteiger partial charge in [-0.2, -0.15) is 0 Å². The lowest BCUT2D eigenvalue weighted by Crippen LogP contribution is -2.02. The monoisotopic (exact) mass is 314 g/mol. The van der Waals surface area contributed by atoms with E-state index < -0.39 is 0 Å². The second-order valence-corrected chi connectivity index (χ2v) is 6.29. The summed E-state index contributed by atoms with van der Waals surface area (Å²) in [4.78, 5) is 14.1. The number of halogens is 1. The molecule has 0 aliphatic carbocycles. The highest BCUT2D eigenvalue weighted by molar-refractivity contribution is 9.10. The van der Waals surface area contributed by atoms with Crippen LogP contribution in [0.4, 0.5) is 0 Å². The van der Waals surface area contributed by atoms with Crippen molar-refractivity contribution < 1.29 is 4.79 Å². The number of aryl methyl sites for hydroxylation is 1. The summed E-state index contributed by atoms with van der Waals surface area (Å²) < 4.78 is 1.06. The van der Waals surface area contributed by atoms with E-state index in [0.29, 0.717) is 6.42 Å². The van der Waals surface area contributed by atoms with E-state index in [9.17, 15) is 4.79 Å². The van der Waals surface area contributed by atoms with Gasteiger partial charge in [-0.15, -0.1) is 22.7 Å². The van der Waals surface area contributed by atoms with Gasteiger partial charge in [0.2, 0.25) is 0 Å². The molecule has 0 N–H and O–H groups in total. The third kappa shape index (κ3) is 2.62. The van der Waals surface area contributed by atoms with Crippen LogP contribution in [0.2, 0.25) is 0 Å². The minimum atomic E-state index is 0.237.